The van der Waals surface area contributed by atoms with E-state index in [4.69, 9.17) is 15.2 Å². The summed E-state index contributed by atoms with van der Waals surface area (Å²) in [4.78, 5) is 13.1. The number of hydrogen-bond acceptors (Lipinski definition) is 5. The van der Waals surface area contributed by atoms with E-state index in [1.54, 1.807) is 14.0 Å². The molecule has 21 heavy (non-hydrogen) atoms. The van der Waals surface area contributed by atoms with E-state index in [1.165, 1.54) is 11.3 Å². The van der Waals surface area contributed by atoms with Crippen LogP contribution in [-0.4, -0.2) is 19.7 Å². The van der Waals surface area contributed by atoms with E-state index < -0.39 is 0 Å². The van der Waals surface area contributed by atoms with Crippen LogP contribution < -0.4 is 10.5 Å². The van der Waals surface area contributed by atoms with Crippen LogP contribution in [0.2, 0.25) is 0 Å². The molecule has 0 saturated carbocycles. The third-order valence-electron chi connectivity index (χ3n) is 3.22. The van der Waals surface area contributed by atoms with Crippen LogP contribution in [0.25, 0.3) is 10.4 Å². The van der Waals surface area contributed by atoms with Crippen molar-refractivity contribution < 1.29 is 14.3 Å². The van der Waals surface area contributed by atoms with Gasteiger partial charge < -0.3 is 15.2 Å². The summed E-state index contributed by atoms with van der Waals surface area (Å²) in [6.45, 7) is 4.14. The highest BCUT2D eigenvalue weighted by Crippen LogP contribution is 2.39. The number of hydrogen-bond donors (Lipinski definition) is 1. The monoisotopic (exact) mass is 305 g/mol. The number of thiophene rings is 1. The van der Waals surface area contributed by atoms with Gasteiger partial charge in [0.1, 0.15) is 10.8 Å². The van der Waals surface area contributed by atoms with Crippen LogP contribution in [0.1, 0.15) is 29.8 Å². The SMILES string of the molecule is CCOC(=O)c1c(N)sc(-c2ccc(OC)cc2)c1CC. The number of rotatable bonds is 5. The topological polar surface area (TPSA) is 61.5 Å². The molecule has 2 aromatic rings. The molecule has 1 aromatic heterocycles. The third-order valence-corrected chi connectivity index (χ3v) is 4.33. The lowest BCUT2D eigenvalue weighted by atomic mass is 10.0. The van der Waals surface area contributed by atoms with Crippen LogP contribution in [0.4, 0.5) is 5.00 Å². The van der Waals surface area contributed by atoms with Crippen molar-refractivity contribution in [2.24, 2.45) is 0 Å². The van der Waals surface area contributed by atoms with Gasteiger partial charge in [0.05, 0.1) is 19.3 Å². The van der Waals surface area contributed by atoms with Crippen molar-refractivity contribution in [1.82, 2.24) is 0 Å². The first kappa shape index (κ1) is 15.4. The van der Waals surface area contributed by atoms with Gasteiger partial charge in [0, 0.05) is 4.88 Å². The molecule has 0 bridgehead atoms. The first-order valence-electron chi connectivity index (χ1n) is 6.85. The van der Waals surface area contributed by atoms with E-state index >= 15 is 0 Å². The molecule has 0 saturated heterocycles. The number of esters is 1. The maximum Gasteiger partial charge on any atom is 0.341 e. The Morgan fingerprint density at radius 1 is 1.24 bits per heavy atom. The highest BCUT2D eigenvalue weighted by Gasteiger charge is 2.22. The molecule has 0 spiro atoms. The van der Waals surface area contributed by atoms with Gasteiger partial charge in [0.25, 0.3) is 0 Å². The molecule has 2 N–H and O–H groups in total. The average molecular weight is 305 g/mol. The molecular weight excluding hydrogens is 286 g/mol. The fourth-order valence-electron chi connectivity index (χ4n) is 2.22. The molecule has 0 fully saturated rings. The summed E-state index contributed by atoms with van der Waals surface area (Å²) in [5.41, 5.74) is 8.52. The van der Waals surface area contributed by atoms with Gasteiger partial charge in [-0.2, -0.15) is 0 Å². The van der Waals surface area contributed by atoms with Crippen LogP contribution in [-0.2, 0) is 11.2 Å². The summed E-state index contributed by atoms with van der Waals surface area (Å²) in [6.07, 6.45) is 0.725. The normalized spacial score (nSPS) is 10.4. The van der Waals surface area contributed by atoms with Crippen LogP contribution >= 0.6 is 11.3 Å². The van der Waals surface area contributed by atoms with Crippen LogP contribution in [0.3, 0.4) is 0 Å². The van der Waals surface area contributed by atoms with Gasteiger partial charge in [0.15, 0.2) is 0 Å². The number of nitrogens with two attached hydrogens (primary N) is 1. The van der Waals surface area contributed by atoms with Crippen LogP contribution in [0, 0.1) is 0 Å². The van der Waals surface area contributed by atoms with Gasteiger partial charge in [-0.25, -0.2) is 4.79 Å². The summed E-state index contributed by atoms with van der Waals surface area (Å²) < 4.78 is 10.3. The fourth-order valence-corrected chi connectivity index (χ4v) is 3.38. The molecule has 5 heteroatoms. The first-order valence-corrected chi connectivity index (χ1v) is 7.66. The van der Waals surface area contributed by atoms with Gasteiger partial charge >= 0.3 is 5.97 Å². The first-order chi connectivity index (χ1) is 10.1. The zero-order valence-electron chi connectivity index (χ0n) is 12.4. The molecule has 1 aromatic carbocycles. The van der Waals surface area contributed by atoms with E-state index in [1.807, 2.05) is 31.2 Å². The summed E-state index contributed by atoms with van der Waals surface area (Å²) in [5, 5.41) is 0.510. The van der Waals surface area contributed by atoms with Gasteiger partial charge in [0.2, 0.25) is 0 Å². The number of carbonyl (C=O) groups is 1. The lowest BCUT2D eigenvalue weighted by Crippen LogP contribution is -2.08. The van der Waals surface area contributed by atoms with E-state index in [9.17, 15) is 4.79 Å². The van der Waals surface area contributed by atoms with Crippen molar-refractivity contribution in [3.8, 4) is 16.2 Å². The molecule has 0 unspecified atom stereocenters. The molecule has 0 radical (unpaired) electrons. The number of anilines is 1. The molecule has 112 valence electrons. The smallest absolute Gasteiger partial charge is 0.341 e. The van der Waals surface area contributed by atoms with Gasteiger partial charge in [-0.15, -0.1) is 11.3 Å². The Morgan fingerprint density at radius 3 is 2.43 bits per heavy atom. The summed E-state index contributed by atoms with van der Waals surface area (Å²) in [7, 11) is 1.63. The fraction of sp³-hybridized carbons (Fsp3) is 0.312. The molecule has 0 aliphatic heterocycles. The predicted molar refractivity (Wildman–Crippen MR) is 86.1 cm³/mol. The molecule has 0 amide bonds. The maximum atomic E-state index is 12.1. The van der Waals surface area contributed by atoms with E-state index in [-0.39, 0.29) is 5.97 Å². The Morgan fingerprint density at radius 2 is 1.90 bits per heavy atom. The Bertz CT molecular complexity index is 632. The van der Waals surface area contributed by atoms with Crippen LogP contribution in [0.15, 0.2) is 24.3 Å². The highest BCUT2D eigenvalue weighted by molar-refractivity contribution is 7.19. The molecule has 0 aliphatic rings. The van der Waals surface area contributed by atoms with Crippen LogP contribution in [0.5, 0.6) is 5.75 Å². The lowest BCUT2D eigenvalue weighted by molar-refractivity contribution is 0.0527. The minimum atomic E-state index is -0.345. The minimum absolute atomic E-state index is 0.342. The quantitative estimate of drug-likeness (QED) is 0.855. The number of ether oxygens (including phenoxy) is 2. The number of nitrogen functional groups attached to an aromatic ring is 1. The molecule has 1 heterocycles. The van der Waals surface area contributed by atoms with E-state index in [0.717, 1.165) is 28.2 Å². The van der Waals surface area contributed by atoms with E-state index in [2.05, 4.69) is 0 Å². The Balaban J connectivity index is 2.48. The molecule has 4 nitrogen and oxygen atoms in total. The van der Waals surface area contributed by atoms with E-state index in [0.29, 0.717) is 17.2 Å². The van der Waals surface area contributed by atoms with Gasteiger partial charge in [-0.05, 0) is 48.7 Å². The summed E-state index contributed by atoms with van der Waals surface area (Å²) in [5.74, 6) is 0.454. The van der Waals surface area contributed by atoms with Crippen molar-refractivity contribution in [3.63, 3.8) is 0 Å². The zero-order chi connectivity index (χ0) is 15.4. The second kappa shape index (κ2) is 6.63. The van der Waals surface area contributed by atoms with Crippen molar-refractivity contribution in [1.29, 1.82) is 0 Å². The molecular formula is C16H19NO3S. The average Bonchev–Trinajstić information content (AvgIpc) is 2.84. The van der Waals surface area contributed by atoms with Gasteiger partial charge in [-0.3, -0.25) is 0 Å². The van der Waals surface area contributed by atoms with Crippen molar-refractivity contribution in [3.05, 3.63) is 35.4 Å². The second-order valence-electron chi connectivity index (χ2n) is 4.45. The van der Waals surface area contributed by atoms with Crippen molar-refractivity contribution in [2.75, 3.05) is 19.5 Å². The molecule has 2 rings (SSSR count). The zero-order valence-corrected chi connectivity index (χ0v) is 13.3. The third kappa shape index (κ3) is 3.03. The Hall–Kier alpha value is -2.01. The predicted octanol–water partition coefficient (Wildman–Crippen LogP) is 3.75. The summed E-state index contributed by atoms with van der Waals surface area (Å²) >= 11 is 1.42. The van der Waals surface area contributed by atoms with Gasteiger partial charge in [-0.1, -0.05) is 6.92 Å². The summed E-state index contributed by atoms with van der Waals surface area (Å²) in [6, 6.07) is 7.74. The number of carbonyl (C=O) groups excluding carboxylic acids is 1. The maximum absolute atomic E-state index is 12.1. The largest absolute Gasteiger partial charge is 0.497 e. The number of methoxy groups -OCH3 is 1. The lowest BCUT2D eigenvalue weighted by Gasteiger charge is -2.06. The second-order valence-corrected chi connectivity index (χ2v) is 5.50. The Labute approximate surface area is 128 Å². The van der Waals surface area contributed by atoms with Crippen molar-refractivity contribution in [2.45, 2.75) is 20.3 Å². The minimum Gasteiger partial charge on any atom is -0.497 e. The van der Waals surface area contributed by atoms with Crippen molar-refractivity contribution >= 4 is 22.3 Å². The highest BCUT2D eigenvalue weighted by atomic mass is 32.1. The standard InChI is InChI=1S/C16H19NO3S/c1-4-12-13(16(18)20-5-2)15(17)21-14(12)10-6-8-11(19-3)9-7-10/h6-9H,4-5,17H2,1-3H3. The molecule has 0 atom stereocenters. The molecule has 0 aliphatic carbocycles. The Kier molecular flexibility index (Phi) is 4.85. The number of benzene rings is 1.